The van der Waals surface area contributed by atoms with E-state index in [0.29, 0.717) is 0 Å². The van der Waals surface area contributed by atoms with Crippen LogP contribution in [-0.4, -0.2) is 22.6 Å². The van der Waals surface area contributed by atoms with Crippen molar-refractivity contribution < 1.29 is 4.92 Å². The zero-order chi connectivity index (χ0) is 7.40. The van der Waals surface area contributed by atoms with Gasteiger partial charge in [-0.05, 0) is 0 Å². The number of hydrogen-bond donors (Lipinski definition) is 1. The first-order valence-electron chi connectivity index (χ1n) is 2.96. The van der Waals surface area contributed by atoms with Crippen LogP contribution in [0.15, 0.2) is 12.3 Å². The minimum atomic E-state index is -0.444. The average Bonchev–Trinajstić information content (AvgIpc) is 2.34. The molecule has 10 heavy (non-hydrogen) atoms. The van der Waals surface area contributed by atoms with Crippen molar-refractivity contribution in [3.63, 3.8) is 0 Å². The maximum Gasteiger partial charge on any atom is 0.232 e. The molecule has 5 heteroatoms. The first kappa shape index (κ1) is 7.56. The summed E-state index contributed by atoms with van der Waals surface area (Å²) in [5.74, 6) is 1.03. The lowest BCUT2D eigenvalue weighted by Crippen LogP contribution is -2.16. The third kappa shape index (κ3) is 2.36. The second kappa shape index (κ2) is 3.58. The summed E-state index contributed by atoms with van der Waals surface area (Å²) >= 11 is 1.68. The molecule has 0 aromatic rings. The number of rotatable bonds is 2. The van der Waals surface area contributed by atoms with E-state index in [1.165, 1.54) is 0 Å². The van der Waals surface area contributed by atoms with E-state index in [0.717, 1.165) is 18.5 Å². The fraction of sp³-hybridized carbons (Fsp3) is 0.600. The van der Waals surface area contributed by atoms with Gasteiger partial charge in [0.15, 0.2) is 0 Å². The van der Waals surface area contributed by atoms with Crippen molar-refractivity contribution in [3.05, 3.63) is 22.4 Å². The minimum Gasteiger partial charge on any atom is -0.301 e. The summed E-state index contributed by atoms with van der Waals surface area (Å²) in [6.45, 7) is 0.942. The van der Waals surface area contributed by atoms with Crippen LogP contribution in [-0.2, 0) is 0 Å². The van der Waals surface area contributed by atoms with Crippen molar-refractivity contribution in [3.8, 4) is 0 Å². The second-order valence-electron chi connectivity index (χ2n) is 1.87. The third-order valence-electron chi connectivity index (χ3n) is 1.13. The van der Waals surface area contributed by atoms with Gasteiger partial charge in [0.2, 0.25) is 6.20 Å². The molecule has 0 saturated carbocycles. The molecule has 1 unspecified atom stereocenters. The van der Waals surface area contributed by atoms with Gasteiger partial charge in [-0.2, -0.15) is 0 Å². The van der Waals surface area contributed by atoms with E-state index >= 15 is 0 Å². The zero-order valence-electron chi connectivity index (χ0n) is 5.32. The van der Waals surface area contributed by atoms with Gasteiger partial charge in [0, 0.05) is 18.4 Å². The highest BCUT2D eigenvalue weighted by Crippen LogP contribution is 2.13. The van der Waals surface area contributed by atoms with Gasteiger partial charge in [0.25, 0.3) is 0 Å². The van der Waals surface area contributed by atoms with Crippen molar-refractivity contribution in [2.45, 2.75) is 5.37 Å². The van der Waals surface area contributed by atoms with E-state index in [4.69, 9.17) is 0 Å². The molecule has 1 heterocycles. The Morgan fingerprint density at radius 3 is 3.10 bits per heavy atom. The molecule has 0 aromatic heterocycles. The molecule has 0 amide bonds. The topological polar surface area (TPSA) is 55.2 Å². The van der Waals surface area contributed by atoms with Crippen LogP contribution in [0, 0.1) is 10.1 Å². The van der Waals surface area contributed by atoms with E-state index in [-0.39, 0.29) is 5.37 Å². The third-order valence-corrected chi connectivity index (χ3v) is 2.25. The van der Waals surface area contributed by atoms with Crippen LogP contribution in [0.25, 0.3) is 0 Å². The van der Waals surface area contributed by atoms with Crippen molar-refractivity contribution in [1.29, 1.82) is 0 Å². The van der Waals surface area contributed by atoms with Gasteiger partial charge in [-0.1, -0.05) is 0 Å². The highest BCUT2D eigenvalue weighted by molar-refractivity contribution is 8.00. The van der Waals surface area contributed by atoms with Crippen LogP contribution < -0.4 is 5.32 Å². The van der Waals surface area contributed by atoms with Gasteiger partial charge in [0.1, 0.15) is 0 Å². The Bertz CT molecular complexity index is 154. The first-order valence-corrected chi connectivity index (χ1v) is 4.01. The monoisotopic (exact) mass is 160 g/mol. The van der Waals surface area contributed by atoms with Crippen molar-refractivity contribution in [2.24, 2.45) is 0 Å². The van der Waals surface area contributed by atoms with Gasteiger partial charge >= 0.3 is 0 Å². The van der Waals surface area contributed by atoms with Crippen LogP contribution in [0.5, 0.6) is 0 Å². The smallest absolute Gasteiger partial charge is 0.232 e. The Kier molecular flexibility index (Phi) is 2.70. The molecule has 1 N–H and O–H groups in total. The number of nitrogens with zero attached hydrogens (tertiary/aromatic N) is 1. The van der Waals surface area contributed by atoms with Crippen molar-refractivity contribution >= 4 is 11.8 Å². The van der Waals surface area contributed by atoms with Crippen LogP contribution in [0.3, 0.4) is 0 Å². The van der Waals surface area contributed by atoms with Crippen LogP contribution in [0.1, 0.15) is 0 Å². The summed E-state index contributed by atoms with van der Waals surface area (Å²) in [4.78, 5) is 9.39. The lowest BCUT2D eigenvalue weighted by Gasteiger charge is -1.97. The van der Waals surface area contributed by atoms with Crippen LogP contribution in [0.2, 0.25) is 0 Å². The summed E-state index contributed by atoms with van der Waals surface area (Å²) in [7, 11) is 0. The molecule has 4 nitrogen and oxygen atoms in total. The lowest BCUT2D eigenvalue weighted by atomic mass is 10.6. The summed E-state index contributed by atoms with van der Waals surface area (Å²) in [5, 5.41) is 13.1. The van der Waals surface area contributed by atoms with E-state index in [2.05, 4.69) is 5.32 Å². The van der Waals surface area contributed by atoms with E-state index in [9.17, 15) is 10.1 Å². The Morgan fingerprint density at radius 2 is 2.60 bits per heavy atom. The molecule has 0 aromatic carbocycles. The van der Waals surface area contributed by atoms with E-state index in [1.54, 1.807) is 17.8 Å². The van der Waals surface area contributed by atoms with E-state index in [1.807, 2.05) is 0 Å². The normalized spacial score (nSPS) is 25.8. The Morgan fingerprint density at radius 1 is 1.80 bits per heavy atom. The maximum absolute atomic E-state index is 9.84. The lowest BCUT2D eigenvalue weighted by molar-refractivity contribution is -0.402. The average molecular weight is 160 g/mol. The largest absolute Gasteiger partial charge is 0.301 e. The minimum absolute atomic E-state index is 0.144. The molecule has 1 rings (SSSR count). The highest BCUT2D eigenvalue weighted by atomic mass is 32.2. The molecule has 0 radical (unpaired) electrons. The van der Waals surface area contributed by atoms with Crippen LogP contribution >= 0.6 is 11.8 Å². The van der Waals surface area contributed by atoms with Gasteiger partial charge in [-0.3, -0.25) is 10.1 Å². The molecule has 1 atom stereocenters. The van der Waals surface area contributed by atoms with Gasteiger partial charge in [0.05, 0.1) is 10.3 Å². The maximum atomic E-state index is 9.84. The molecular weight excluding hydrogens is 152 g/mol. The first-order chi connectivity index (χ1) is 4.79. The standard InChI is InChI=1S/C5H8N2O2S/c8-7(9)3-1-5-6-2-4-10-5/h1,3,5-6H,2,4H2. The van der Waals surface area contributed by atoms with Crippen molar-refractivity contribution in [2.75, 3.05) is 12.3 Å². The van der Waals surface area contributed by atoms with E-state index < -0.39 is 4.92 Å². The van der Waals surface area contributed by atoms with Gasteiger partial charge in [-0.25, -0.2) is 0 Å². The Balaban J connectivity index is 2.29. The Hall–Kier alpha value is -0.550. The SMILES string of the molecule is O=[N+]([O-])C=CC1NCCS1. The molecular formula is C5H8N2O2S. The highest BCUT2D eigenvalue weighted by Gasteiger charge is 2.11. The summed E-state index contributed by atoms with van der Waals surface area (Å²) < 4.78 is 0. The van der Waals surface area contributed by atoms with Crippen LogP contribution in [0.4, 0.5) is 0 Å². The van der Waals surface area contributed by atoms with Gasteiger partial charge in [-0.15, -0.1) is 11.8 Å². The Labute approximate surface area is 62.8 Å². The molecule has 56 valence electrons. The fourth-order valence-electron chi connectivity index (χ4n) is 0.718. The predicted octanol–water partition coefficient (Wildman–Crippen LogP) is 0.439. The molecule has 1 aliphatic heterocycles. The summed E-state index contributed by atoms with van der Waals surface area (Å²) in [6.07, 6.45) is 2.55. The molecule has 0 aliphatic carbocycles. The van der Waals surface area contributed by atoms with Gasteiger partial charge < -0.3 is 5.32 Å². The molecule has 0 bridgehead atoms. The number of nitrogens with one attached hydrogen (secondary N) is 1. The number of nitro groups is 1. The summed E-state index contributed by atoms with van der Waals surface area (Å²) in [6, 6.07) is 0. The number of hydrogen-bond acceptors (Lipinski definition) is 4. The molecule has 1 fully saturated rings. The predicted molar refractivity (Wildman–Crippen MR) is 40.4 cm³/mol. The second-order valence-corrected chi connectivity index (χ2v) is 3.12. The molecule has 1 aliphatic rings. The van der Waals surface area contributed by atoms with Crippen molar-refractivity contribution in [1.82, 2.24) is 5.32 Å². The zero-order valence-corrected chi connectivity index (χ0v) is 6.13. The fourth-order valence-corrected chi connectivity index (χ4v) is 1.62. The molecule has 1 saturated heterocycles. The molecule has 0 spiro atoms. The quantitative estimate of drug-likeness (QED) is 0.470. The summed E-state index contributed by atoms with van der Waals surface area (Å²) in [5.41, 5.74) is 0. The number of thioether (sulfide) groups is 1.